The standard InChI is InChI=1S/C18H28N4O2.HI/c1-13(2)10-20-18(19-3)21-11-14-5-4-6-16(9-14)24-12-17(23)22-15-7-8-15;/h4-6,9,13,15H,7-8,10-12H2,1-3H3,(H,22,23)(H2,19,20,21);1H. The fourth-order valence-electron chi connectivity index (χ4n) is 2.10. The molecule has 3 N–H and O–H groups in total. The number of hydrogen-bond acceptors (Lipinski definition) is 3. The molecule has 1 aromatic carbocycles. The van der Waals surface area contributed by atoms with Crippen LogP contribution in [0, 0.1) is 5.92 Å². The molecule has 6 nitrogen and oxygen atoms in total. The summed E-state index contributed by atoms with van der Waals surface area (Å²) in [7, 11) is 1.76. The number of aliphatic imine (C=N–C) groups is 1. The van der Waals surface area contributed by atoms with E-state index in [2.05, 4.69) is 34.8 Å². The van der Waals surface area contributed by atoms with E-state index in [-0.39, 0.29) is 36.5 Å². The van der Waals surface area contributed by atoms with Gasteiger partial charge in [-0.15, -0.1) is 24.0 Å². The second-order valence-electron chi connectivity index (χ2n) is 6.48. The van der Waals surface area contributed by atoms with Gasteiger partial charge in [0.2, 0.25) is 0 Å². The molecule has 1 aliphatic rings. The van der Waals surface area contributed by atoms with E-state index in [9.17, 15) is 4.79 Å². The smallest absolute Gasteiger partial charge is 0.258 e. The third kappa shape index (κ3) is 8.94. The van der Waals surface area contributed by atoms with Gasteiger partial charge >= 0.3 is 0 Å². The average Bonchev–Trinajstić information content (AvgIpc) is 3.37. The third-order valence-electron chi connectivity index (χ3n) is 3.57. The summed E-state index contributed by atoms with van der Waals surface area (Å²) in [5, 5.41) is 9.45. The van der Waals surface area contributed by atoms with Gasteiger partial charge in [0.05, 0.1) is 0 Å². The predicted octanol–water partition coefficient (Wildman–Crippen LogP) is 2.28. The Kier molecular flexibility index (Phi) is 9.62. The van der Waals surface area contributed by atoms with E-state index < -0.39 is 0 Å². The first-order valence-corrected chi connectivity index (χ1v) is 8.52. The van der Waals surface area contributed by atoms with Gasteiger partial charge in [-0.3, -0.25) is 9.79 Å². The molecule has 0 spiro atoms. The van der Waals surface area contributed by atoms with Crippen LogP contribution in [0.5, 0.6) is 5.75 Å². The zero-order chi connectivity index (χ0) is 17.4. The number of amides is 1. The van der Waals surface area contributed by atoms with Crippen LogP contribution >= 0.6 is 24.0 Å². The van der Waals surface area contributed by atoms with Gasteiger partial charge in [-0.25, -0.2) is 0 Å². The van der Waals surface area contributed by atoms with Crippen molar-refractivity contribution in [2.75, 3.05) is 20.2 Å². The number of guanidine groups is 1. The van der Waals surface area contributed by atoms with E-state index in [4.69, 9.17) is 4.74 Å². The molecule has 1 fully saturated rings. The van der Waals surface area contributed by atoms with Crippen molar-refractivity contribution in [2.24, 2.45) is 10.9 Å². The van der Waals surface area contributed by atoms with Crippen molar-refractivity contribution in [1.29, 1.82) is 0 Å². The number of hydrogen-bond donors (Lipinski definition) is 3. The van der Waals surface area contributed by atoms with E-state index in [1.54, 1.807) is 7.05 Å². The lowest BCUT2D eigenvalue weighted by Gasteiger charge is -2.14. The maximum atomic E-state index is 11.7. The van der Waals surface area contributed by atoms with Crippen molar-refractivity contribution in [3.8, 4) is 5.75 Å². The molecule has 0 aliphatic heterocycles. The second kappa shape index (κ2) is 11.2. The van der Waals surface area contributed by atoms with Gasteiger partial charge < -0.3 is 20.7 Å². The number of halogens is 1. The molecular formula is C18H29IN4O2. The van der Waals surface area contributed by atoms with Gasteiger partial charge in [0.1, 0.15) is 5.75 Å². The minimum Gasteiger partial charge on any atom is -0.484 e. The summed E-state index contributed by atoms with van der Waals surface area (Å²) in [5.41, 5.74) is 1.07. The quantitative estimate of drug-likeness (QED) is 0.316. The van der Waals surface area contributed by atoms with Gasteiger partial charge in [0.25, 0.3) is 5.91 Å². The second-order valence-corrected chi connectivity index (χ2v) is 6.48. The van der Waals surface area contributed by atoms with Crippen molar-refractivity contribution < 1.29 is 9.53 Å². The Bertz CT molecular complexity index is 574. The number of carbonyl (C=O) groups is 1. The first-order valence-electron chi connectivity index (χ1n) is 8.52. The molecule has 1 saturated carbocycles. The highest BCUT2D eigenvalue weighted by Crippen LogP contribution is 2.18. The average molecular weight is 460 g/mol. The Balaban J connectivity index is 0.00000312. The first kappa shape index (κ1) is 21.5. The number of rotatable bonds is 8. The summed E-state index contributed by atoms with van der Waals surface area (Å²) < 4.78 is 5.56. The molecule has 2 rings (SSSR count). The lowest BCUT2D eigenvalue weighted by molar-refractivity contribution is -0.123. The molecule has 1 amide bonds. The fraction of sp³-hybridized carbons (Fsp3) is 0.556. The normalized spacial score (nSPS) is 13.8. The summed E-state index contributed by atoms with van der Waals surface area (Å²) >= 11 is 0. The lowest BCUT2D eigenvalue weighted by atomic mass is 10.2. The summed E-state index contributed by atoms with van der Waals surface area (Å²) in [6.45, 7) is 5.88. The van der Waals surface area contributed by atoms with Crippen molar-refractivity contribution in [2.45, 2.75) is 39.3 Å². The Labute approximate surface area is 167 Å². The SMILES string of the molecule is CN=C(NCc1cccc(OCC(=O)NC2CC2)c1)NCC(C)C.I. The lowest BCUT2D eigenvalue weighted by Crippen LogP contribution is -2.38. The molecule has 25 heavy (non-hydrogen) atoms. The fourth-order valence-corrected chi connectivity index (χ4v) is 2.10. The van der Waals surface area contributed by atoms with Gasteiger partial charge in [-0.1, -0.05) is 26.0 Å². The minimum absolute atomic E-state index is 0. The Morgan fingerprint density at radius 2 is 2.08 bits per heavy atom. The number of ether oxygens (including phenoxy) is 1. The van der Waals surface area contributed by atoms with Crippen molar-refractivity contribution in [3.63, 3.8) is 0 Å². The zero-order valence-corrected chi connectivity index (χ0v) is 17.5. The highest BCUT2D eigenvalue weighted by atomic mass is 127. The number of carbonyl (C=O) groups excluding carboxylic acids is 1. The van der Waals surface area contributed by atoms with Gasteiger partial charge in [-0.2, -0.15) is 0 Å². The van der Waals surface area contributed by atoms with Crippen LogP contribution < -0.4 is 20.7 Å². The molecule has 0 atom stereocenters. The molecule has 7 heteroatoms. The van der Waals surface area contributed by atoms with Crippen LogP contribution in [0.15, 0.2) is 29.3 Å². The van der Waals surface area contributed by atoms with E-state index >= 15 is 0 Å². The van der Waals surface area contributed by atoms with Gasteiger partial charge in [0.15, 0.2) is 12.6 Å². The Hall–Kier alpha value is -1.51. The molecule has 140 valence electrons. The van der Waals surface area contributed by atoms with E-state index in [0.717, 1.165) is 30.9 Å². The predicted molar refractivity (Wildman–Crippen MR) is 112 cm³/mol. The minimum atomic E-state index is -0.0562. The Morgan fingerprint density at radius 1 is 1.32 bits per heavy atom. The van der Waals surface area contributed by atoms with E-state index in [0.29, 0.717) is 24.3 Å². The van der Waals surface area contributed by atoms with Gasteiger partial charge in [0, 0.05) is 26.2 Å². The maximum Gasteiger partial charge on any atom is 0.258 e. The summed E-state index contributed by atoms with van der Waals surface area (Å²) in [6.07, 6.45) is 2.16. The highest BCUT2D eigenvalue weighted by molar-refractivity contribution is 14.0. The number of nitrogens with one attached hydrogen (secondary N) is 3. The van der Waals surface area contributed by atoms with Crippen LogP contribution in [0.25, 0.3) is 0 Å². The van der Waals surface area contributed by atoms with Crippen LogP contribution in [0.4, 0.5) is 0 Å². The maximum absolute atomic E-state index is 11.7. The number of benzene rings is 1. The summed E-state index contributed by atoms with van der Waals surface area (Å²) in [6, 6.07) is 8.10. The van der Waals surface area contributed by atoms with Crippen molar-refractivity contribution in [1.82, 2.24) is 16.0 Å². The first-order chi connectivity index (χ1) is 11.6. The van der Waals surface area contributed by atoms with Crippen molar-refractivity contribution in [3.05, 3.63) is 29.8 Å². The molecule has 1 aliphatic carbocycles. The molecule has 0 unspecified atom stereocenters. The largest absolute Gasteiger partial charge is 0.484 e. The molecule has 0 radical (unpaired) electrons. The van der Waals surface area contributed by atoms with E-state index in [1.807, 2.05) is 24.3 Å². The molecular weight excluding hydrogens is 431 g/mol. The molecule has 1 aromatic rings. The third-order valence-corrected chi connectivity index (χ3v) is 3.57. The molecule has 0 heterocycles. The molecule has 0 bridgehead atoms. The van der Waals surface area contributed by atoms with Crippen molar-refractivity contribution >= 4 is 35.8 Å². The van der Waals surface area contributed by atoms with Crippen LogP contribution in [0.2, 0.25) is 0 Å². The monoisotopic (exact) mass is 460 g/mol. The topological polar surface area (TPSA) is 74.8 Å². The van der Waals surface area contributed by atoms with Crippen LogP contribution in [-0.4, -0.2) is 38.1 Å². The van der Waals surface area contributed by atoms with E-state index in [1.165, 1.54) is 0 Å². The molecule has 0 aromatic heterocycles. The Morgan fingerprint density at radius 3 is 2.72 bits per heavy atom. The number of nitrogens with zero attached hydrogens (tertiary/aromatic N) is 1. The zero-order valence-electron chi connectivity index (χ0n) is 15.2. The van der Waals surface area contributed by atoms with Gasteiger partial charge in [-0.05, 0) is 36.5 Å². The van der Waals surface area contributed by atoms with Crippen LogP contribution in [0.3, 0.4) is 0 Å². The van der Waals surface area contributed by atoms with Crippen LogP contribution in [-0.2, 0) is 11.3 Å². The molecule has 0 saturated heterocycles. The summed E-state index contributed by atoms with van der Waals surface area (Å²) in [4.78, 5) is 15.9. The highest BCUT2D eigenvalue weighted by Gasteiger charge is 2.23. The van der Waals surface area contributed by atoms with Crippen LogP contribution in [0.1, 0.15) is 32.3 Å². The summed E-state index contributed by atoms with van der Waals surface area (Å²) in [5.74, 6) is 1.98.